The number of anilines is 1. The number of carboxylic acid groups (broad SMARTS) is 1. The van der Waals surface area contributed by atoms with Gasteiger partial charge in [0.25, 0.3) is 17.7 Å². The Balaban J connectivity index is 1.48. The van der Waals surface area contributed by atoms with E-state index in [1.54, 1.807) is 18.0 Å². The van der Waals surface area contributed by atoms with Gasteiger partial charge in [-0.25, -0.2) is 4.98 Å². The van der Waals surface area contributed by atoms with Gasteiger partial charge in [-0.2, -0.15) is 0 Å². The summed E-state index contributed by atoms with van der Waals surface area (Å²) in [6, 6.07) is 2.14. The normalized spacial score (nSPS) is 18.0. The first-order valence-corrected chi connectivity index (χ1v) is 23.2. The summed E-state index contributed by atoms with van der Waals surface area (Å²) in [6.45, 7) is 11.4. The standard InChI is InChI=1S/C46H65N7O11S/c1-9-27(4)41(50-43(60)34-13-10-11-19-51(34)7)45(61)52(8)35(26(2)3)24-37(64-29(6)54)44-49-33(25-65-44)42(59)47-31(21-28(5)46(62)63)22-30-15-16-36(55)32(23-30)48-38(56)14-12-20-53-39(57)17-18-40(53)58/h15-18,23,25-28,31,34-35,37,41,55H,9-14,19-22,24H2,1-8H3,(H,47,59)(H,48,56)(H,50,60)(H,62,63)/t27-,28?,31+,34+,35+,37+,41-/m0/s1. The number of nitrogens with one attached hydrogen (secondary N) is 3. The van der Waals surface area contributed by atoms with Crippen LogP contribution in [0.3, 0.4) is 0 Å². The second-order valence-electron chi connectivity index (χ2n) is 17.5. The maximum Gasteiger partial charge on any atom is 0.306 e. The molecule has 0 aliphatic carbocycles. The Morgan fingerprint density at radius 1 is 1.02 bits per heavy atom. The molecular weight excluding hydrogens is 859 g/mol. The molecule has 7 atom stereocenters. The van der Waals surface area contributed by atoms with Crippen molar-refractivity contribution in [3.05, 3.63) is 52.0 Å². The molecule has 1 fully saturated rings. The van der Waals surface area contributed by atoms with Crippen molar-refractivity contribution in [1.29, 1.82) is 0 Å². The number of likely N-dealkylation sites (tertiary alicyclic amines) is 1. The van der Waals surface area contributed by atoms with Gasteiger partial charge < -0.3 is 35.8 Å². The number of amides is 6. The summed E-state index contributed by atoms with van der Waals surface area (Å²) >= 11 is 1.10. The maximum absolute atomic E-state index is 14.3. The van der Waals surface area contributed by atoms with Crippen LogP contribution in [0.1, 0.15) is 120 Å². The van der Waals surface area contributed by atoms with Crippen LogP contribution in [0.2, 0.25) is 0 Å². The third-order valence-corrected chi connectivity index (χ3v) is 13.1. The number of carbonyl (C=O) groups excluding carboxylic acids is 7. The number of aromatic nitrogens is 1. The van der Waals surface area contributed by atoms with Gasteiger partial charge >= 0.3 is 11.9 Å². The molecular formula is C46H65N7O11S. The fourth-order valence-corrected chi connectivity index (χ4v) is 8.93. The Morgan fingerprint density at radius 3 is 2.32 bits per heavy atom. The molecule has 65 heavy (non-hydrogen) atoms. The van der Waals surface area contributed by atoms with Crippen LogP contribution in [0.15, 0.2) is 35.7 Å². The second-order valence-corrected chi connectivity index (χ2v) is 18.4. The number of aliphatic carboxylic acids is 1. The van der Waals surface area contributed by atoms with E-state index in [-0.39, 0.29) is 85.5 Å². The smallest absolute Gasteiger partial charge is 0.306 e. The average molecular weight is 924 g/mol. The predicted molar refractivity (Wildman–Crippen MR) is 242 cm³/mol. The SMILES string of the molecule is CC[C@H](C)[C@H](NC(=O)[C@H]1CCCCN1C)C(=O)N(C)[C@H](C[C@@H](OC(C)=O)c1nc(C(=O)N[C@@H](Cc2ccc(O)c(NC(=O)CCCN3C(=O)C=CC3=O)c2)CC(C)C(=O)O)cs1)C(C)C. The molecule has 3 heterocycles. The van der Waals surface area contributed by atoms with Crippen LogP contribution in [0, 0.1) is 17.8 Å². The van der Waals surface area contributed by atoms with E-state index in [0.717, 1.165) is 47.8 Å². The van der Waals surface area contributed by atoms with Gasteiger partial charge in [-0.05, 0) is 75.2 Å². The van der Waals surface area contributed by atoms with Crippen molar-refractivity contribution in [1.82, 2.24) is 30.3 Å². The quantitative estimate of drug-likeness (QED) is 0.0589. The number of hydrogen-bond acceptors (Lipinski definition) is 13. The zero-order valence-corrected chi connectivity index (χ0v) is 39.4. The monoisotopic (exact) mass is 923 g/mol. The number of thiazole rings is 1. The molecule has 0 bridgehead atoms. The van der Waals surface area contributed by atoms with Crippen molar-refractivity contribution < 1.29 is 53.3 Å². The zero-order chi connectivity index (χ0) is 48.1. The number of nitrogens with zero attached hydrogens (tertiary/aromatic N) is 4. The van der Waals surface area contributed by atoms with Gasteiger partial charge in [-0.15, -0.1) is 11.3 Å². The molecule has 2 aliphatic rings. The summed E-state index contributed by atoms with van der Waals surface area (Å²) in [4.78, 5) is 112. The number of rotatable bonds is 23. The fourth-order valence-electron chi connectivity index (χ4n) is 8.10. The van der Waals surface area contributed by atoms with Crippen LogP contribution >= 0.6 is 11.3 Å². The summed E-state index contributed by atoms with van der Waals surface area (Å²) in [5.41, 5.74) is 0.641. The minimum Gasteiger partial charge on any atom is -0.506 e. The molecule has 4 rings (SSSR count). The molecule has 0 spiro atoms. The Morgan fingerprint density at radius 2 is 1.71 bits per heavy atom. The minimum absolute atomic E-state index is 0.000319. The number of phenolic OH excluding ortho intramolecular Hbond substituents is 1. The van der Waals surface area contributed by atoms with Crippen molar-refractivity contribution in [2.24, 2.45) is 17.8 Å². The first kappa shape index (κ1) is 51.9. The third-order valence-electron chi connectivity index (χ3n) is 12.2. The number of piperidine rings is 1. The van der Waals surface area contributed by atoms with E-state index < -0.39 is 65.7 Å². The Kier molecular flexibility index (Phi) is 19.2. The highest BCUT2D eigenvalue weighted by molar-refractivity contribution is 7.09. The van der Waals surface area contributed by atoms with Crippen molar-refractivity contribution >= 4 is 64.4 Å². The van der Waals surface area contributed by atoms with Gasteiger partial charge in [0.1, 0.15) is 22.5 Å². The summed E-state index contributed by atoms with van der Waals surface area (Å²) in [5.74, 6) is -5.48. The Bertz CT molecular complexity index is 2070. The molecule has 0 saturated carbocycles. The van der Waals surface area contributed by atoms with Crippen LogP contribution in [0.25, 0.3) is 0 Å². The van der Waals surface area contributed by atoms with E-state index in [1.807, 2.05) is 39.6 Å². The largest absolute Gasteiger partial charge is 0.506 e. The van der Waals surface area contributed by atoms with Gasteiger partial charge in [-0.1, -0.05) is 53.5 Å². The molecule has 2 aromatic rings. The van der Waals surface area contributed by atoms with Gasteiger partial charge in [0, 0.05) is 63.0 Å². The Hall–Kier alpha value is -5.69. The topological polar surface area (TPSA) is 245 Å². The van der Waals surface area contributed by atoms with Crippen molar-refractivity contribution in [3.63, 3.8) is 0 Å². The van der Waals surface area contributed by atoms with Gasteiger partial charge in [0.05, 0.1) is 17.6 Å². The molecule has 2 aliphatic heterocycles. The van der Waals surface area contributed by atoms with E-state index >= 15 is 0 Å². The van der Waals surface area contributed by atoms with E-state index in [4.69, 9.17) is 4.74 Å². The van der Waals surface area contributed by atoms with Crippen LogP contribution in [-0.2, 0) is 44.7 Å². The number of likely N-dealkylation sites (N-methyl/N-ethyl adjacent to an activating group) is 2. The highest BCUT2D eigenvalue weighted by Crippen LogP contribution is 2.32. The van der Waals surface area contributed by atoms with E-state index in [2.05, 4.69) is 20.9 Å². The number of aromatic hydroxyl groups is 1. The summed E-state index contributed by atoms with van der Waals surface area (Å²) in [7, 11) is 3.60. The third kappa shape index (κ3) is 14.7. The average Bonchev–Trinajstić information content (AvgIpc) is 3.87. The lowest BCUT2D eigenvalue weighted by Crippen LogP contribution is -2.58. The molecule has 19 heteroatoms. The highest BCUT2D eigenvalue weighted by Gasteiger charge is 2.37. The van der Waals surface area contributed by atoms with Crippen LogP contribution < -0.4 is 16.0 Å². The number of ether oxygens (including phenoxy) is 1. The zero-order valence-electron chi connectivity index (χ0n) is 38.6. The number of benzene rings is 1. The van der Waals surface area contributed by atoms with Gasteiger partial charge in [0.2, 0.25) is 17.7 Å². The van der Waals surface area contributed by atoms with Gasteiger partial charge in [0.15, 0.2) is 6.10 Å². The van der Waals surface area contributed by atoms with Crippen molar-refractivity contribution in [2.75, 3.05) is 32.5 Å². The molecule has 1 saturated heterocycles. The Labute approximate surface area is 384 Å². The van der Waals surface area contributed by atoms with Gasteiger partial charge in [-0.3, -0.25) is 48.2 Å². The van der Waals surface area contributed by atoms with E-state index in [9.17, 15) is 48.6 Å². The maximum atomic E-state index is 14.3. The first-order valence-electron chi connectivity index (χ1n) is 22.3. The molecule has 356 valence electrons. The molecule has 18 nitrogen and oxygen atoms in total. The lowest BCUT2D eigenvalue weighted by molar-refractivity contribution is -0.149. The van der Waals surface area contributed by atoms with E-state index in [1.165, 1.54) is 31.4 Å². The summed E-state index contributed by atoms with van der Waals surface area (Å²) in [6.07, 6.45) is 5.11. The lowest BCUT2D eigenvalue weighted by atomic mass is 9.92. The molecule has 0 radical (unpaired) electrons. The fraction of sp³-hybridized carbons (Fsp3) is 0.587. The second kappa shape index (κ2) is 24.0. The summed E-state index contributed by atoms with van der Waals surface area (Å²) < 4.78 is 5.78. The lowest BCUT2D eigenvalue weighted by Gasteiger charge is -2.38. The molecule has 6 amide bonds. The number of phenols is 1. The molecule has 5 N–H and O–H groups in total. The van der Waals surface area contributed by atoms with E-state index in [0.29, 0.717) is 23.4 Å². The number of hydrogen-bond donors (Lipinski definition) is 5. The number of carbonyl (C=O) groups is 8. The number of imide groups is 1. The van der Waals surface area contributed by atoms with Crippen molar-refractivity contribution in [3.8, 4) is 5.75 Å². The first-order chi connectivity index (χ1) is 30.7. The van der Waals surface area contributed by atoms with Crippen LogP contribution in [0.4, 0.5) is 5.69 Å². The minimum atomic E-state index is -1.07. The summed E-state index contributed by atoms with van der Waals surface area (Å²) in [5, 5.41) is 30.7. The van der Waals surface area contributed by atoms with Crippen LogP contribution in [-0.4, -0.2) is 129 Å². The predicted octanol–water partition coefficient (Wildman–Crippen LogP) is 4.44. The number of esters is 1. The highest BCUT2D eigenvalue weighted by atomic mass is 32.1. The molecule has 1 aromatic carbocycles. The molecule has 1 unspecified atom stereocenters. The van der Waals surface area contributed by atoms with Crippen molar-refractivity contribution in [2.45, 2.75) is 130 Å². The number of carboxylic acids is 1. The molecule has 1 aromatic heterocycles. The van der Waals surface area contributed by atoms with Crippen LogP contribution in [0.5, 0.6) is 5.75 Å².